The summed E-state index contributed by atoms with van der Waals surface area (Å²) in [5.41, 5.74) is 7.19. The molecule has 2 nitrogen and oxygen atoms in total. The summed E-state index contributed by atoms with van der Waals surface area (Å²) in [5.74, 6) is 0.923. The zero-order chi connectivity index (χ0) is 13.8. The molecule has 1 atom stereocenters. The van der Waals surface area contributed by atoms with Gasteiger partial charge in [-0.15, -0.1) is 0 Å². The molecule has 19 heavy (non-hydrogen) atoms. The van der Waals surface area contributed by atoms with Crippen molar-refractivity contribution in [2.24, 2.45) is 11.7 Å². The van der Waals surface area contributed by atoms with E-state index >= 15 is 0 Å². The zero-order valence-electron chi connectivity index (χ0n) is 11.3. The fourth-order valence-electron chi connectivity index (χ4n) is 2.92. The first kappa shape index (κ1) is 14.8. The van der Waals surface area contributed by atoms with E-state index in [4.69, 9.17) is 10.5 Å². The van der Waals surface area contributed by atoms with Crippen LogP contribution in [0.3, 0.4) is 0 Å². The van der Waals surface area contributed by atoms with Gasteiger partial charge < -0.3 is 10.5 Å². The zero-order valence-corrected chi connectivity index (χ0v) is 12.9. The van der Waals surface area contributed by atoms with Crippen LogP contribution in [0.25, 0.3) is 0 Å². The second-order valence-electron chi connectivity index (χ2n) is 5.35. The Morgan fingerprint density at radius 1 is 1.37 bits per heavy atom. The largest absolute Gasteiger partial charge is 0.496 e. The standard InChI is InChI=1S/C15H21BrFNO/c1-19-15-9-13(17)12(16)8-11(15)14(18)7-10-5-3-2-4-6-10/h8-10,14H,2-7,18H2,1H3. The van der Waals surface area contributed by atoms with Crippen LogP contribution in [0.2, 0.25) is 0 Å². The molecule has 1 unspecified atom stereocenters. The van der Waals surface area contributed by atoms with Gasteiger partial charge in [0.05, 0.1) is 11.6 Å². The molecule has 106 valence electrons. The molecule has 1 saturated carbocycles. The second kappa shape index (κ2) is 6.71. The first-order valence-electron chi connectivity index (χ1n) is 6.90. The van der Waals surface area contributed by atoms with Crippen LogP contribution in [0.1, 0.15) is 50.1 Å². The van der Waals surface area contributed by atoms with E-state index in [1.54, 1.807) is 13.2 Å². The van der Waals surface area contributed by atoms with Crippen molar-refractivity contribution < 1.29 is 9.13 Å². The number of hydrogen-bond donors (Lipinski definition) is 1. The van der Waals surface area contributed by atoms with Crippen LogP contribution < -0.4 is 10.5 Å². The highest BCUT2D eigenvalue weighted by molar-refractivity contribution is 9.10. The lowest BCUT2D eigenvalue weighted by atomic mass is 9.83. The normalized spacial score (nSPS) is 18.3. The highest BCUT2D eigenvalue weighted by atomic mass is 79.9. The highest BCUT2D eigenvalue weighted by Gasteiger charge is 2.21. The van der Waals surface area contributed by atoms with Crippen LogP contribution in [0.15, 0.2) is 16.6 Å². The Kier molecular flexibility index (Phi) is 5.22. The van der Waals surface area contributed by atoms with Crippen molar-refractivity contribution in [1.29, 1.82) is 0 Å². The summed E-state index contributed by atoms with van der Waals surface area (Å²) in [6.07, 6.45) is 7.44. The van der Waals surface area contributed by atoms with E-state index in [2.05, 4.69) is 15.9 Å². The quantitative estimate of drug-likeness (QED) is 0.878. The van der Waals surface area contributed by atoms with Crippen LogP contribution in [0.4, 0.5) is 4.39 Å². The molecular formula is C15H21BrFNO. The minimum absolute atomic E-state index is 0.0880. The van der Waals surface area contributed by atoms with Gasteiger partial charge in [-0.05, 0) is 34.3 Å². The molecule has 0 spiro atoms. The van der Waals surface area contributed by atoms with Gasteiger partial charge in [-0.1, -0.05) is 32.1 Å². The van der Waals surface area contributed by atoms with Gasteiger partial charge in [0.15, 0.2) is 0 Å². The summed E-state index contributed by atoms with van der Waals surface area (Å²) in [5, 5.41) is 0. The Balaban J connectivity index is 2.13. The van der Waals surface area contributed by atoms with E-state index in [-0.39, 0.29) is 11.9 Å². The van der Waals surface area contributed by atoms with Gasteiger partial charge in [0.1, 0.15) is 11.6 Å². The van der Waals surface area contributed by atoms with E-state index in [9.17, 15) is 4.39 Å². The third-order valence-electron chi connectivity index (χ3n) is 3.98. The van der Waals surface area contributed by atoms with Gasteiger partial charge >= 0.3 is 0 Å². The molecule has 1 aliphatic rings. The number of halogens is 2. The molecule has 0 aromatic heterocycles. The van der Waals surface area contributed by atoms with Gasteiger partial charge in [0.2, 0.25) is 0 Å². The summed E-state index contributed by atoms with van der Waals surface area (Å²) in [6.45, 7) is 0. The minimum Gasteiger partial charge on any atom is -0.496 e. The highest BCUT2D eigenvalue weighted by Crippen LogP contribution is 2.35. The lowest BCUT2D eigenvalue weighted by Crippen LogP contribution is -2.18. The number of benzene rings is 1. The van der Waals surface area contributed by atoms with Crippen LogP contribution in [-0.2, 0) is 0 Å². The van der Waals surface area contributed by atoms with E-state index in [1.165, 1.54) is 38.2 Å². The second-order valence-corrected chi connectivity index (χ2v) is 6.21. The Labute approximate surface area is 122 Å². The van der Waals surface area contributed by atoms with Crippen LogP contribution >= 0.6 is 15.9 Å². The third-order valence-corrected chi connectivity index (χ3v) is 4.59. The summed E-state index contributed by atoms with van der Waals surface area (Å²) in [4.78, 5) is 0. The fourth-order valence-corrected chi connectivity index (χ4v) is 3.28. The van der Waals surface area contributed by atoms with Crippen molar-refractivity contribution in [3.05, 3.63) is 28.0 Å². The average Bonchev–Trinajstić information content (AvgIpc) is 2.42. The van der Waals surface area contributed by atoms with Gasteiger partial charge in [-0.2, -0.15) is 0 Å². The van der Waals surface area contributed by atoms with Crippen molar-refractivity contribution in [3.8, 4) is 5.75 Å². The van der Waals surface area contributed by atoms with Crippen LogP contribution in [0, 0.1) is 11.7 Å². The number of hydrogen-bond acceptors (Lipinski definition) is 2. The van der Waals surface area contributed by atoms with Crippen molar-refractivity contribution in [2.75, 3.05) is 7.11 Å². The first-order chi connectivity index (χ1) is 9.11. The maximum absolute atomic E-state index is 13.5. The number of rotatable bonds is 4. The minimum atomic E-state index is -0.314. The molecule has 1 aliphatic carbocycles. The topological polar surface area (TPSA) is 35.2 Å². The Morgan fingerprint density at radius 2 is 2.05 bits per heavy atom. The predicted molar refractivity (Wildman–Crippen MR) is 78.8 cm³/mol. The number of nitrogens with two attached hydrogens (primary N) is 1. The van der Waals surface area contributed by atoms with Gasteiger partial charge in [0.25, 0.3) is 0 Å². The molecule has 0 amide bonds. The maximum Gasteiger partial charge on any atom is 0.141 e. The summed E-state index contributed by atoms with van der Waals surface area (Å²) in [6, 6.07) is 3.07. The van der Waals surface area contributed by atoms with E-state index in [0.717, 1.165) is 12.0 Å². The van der Waals surface area contributed by atoms with Gasteiger partial charge in [-0.25, -0.2) is 4.39 Å². The summed E-state index contributed by atoms with van der Waals surface area (Å²) in [7, 11) is 1.56. The number of ether oxygens (including phenoxy) is 1. The molecular weight excluding hydrogens is 309 g/mol. The average molecular weight is 330 g/mol. The summed E-state index contributed by atoms with van der Waals surface area (Å²) >= 11 is 3.22. The lowest BCUT2D eigenvalue weighted by Gasteiger charge is -2.25. The Hall–Kier alpha value is -0.610. The lowest BCUT2D eigenvalue weighted by molar-refractivity contribution is 0.315. The van der Waals surface area contributed by atoms with E-state index in [0.29, 0.717) is 16.1 Å². The Morgan fingerprint density at radius 3 is 2.68 bits per heavy atom. The van der Waals surface area contributed by atoms with Crippen LogP contribution in [0.5, 0.6) is 5.75 Å². The molecule has 4 heteroatoms. The summed E-state index contributed by atoms with van der Waals surface area (Å²) < 4.78 is 19.2. The fraction of sp³-hybridized carbons (Fsp3) is 0.600. The first-order valence-corrected chi connectivity index (χ1v) is 7.69. The van der Waals surface area contributed by atoms with Crippen molar-refractivity contribution >= 4 is 15.9 Å². The molecule has 0 radical (unpaired) electrons. The van der Waals surface area contributed by atoms with Crippen molar-refractivity contribution in [2.45, 2.75) is 44.6 Å². The molecule has 0 saturated heterocycles. The SMILES string of the molecule is COc1cc(F)c(Br)cc1C(N)CC1CCCCC1. The van der Waals surface area contributed by atoms with Gasteiger partial charge in [-0.3, -0.25) is 0 Å². The smallest absolute Gasteiger partial charge is 0.141 e. The van der Waals surface area contributed by atoms with E-state index in [1.807, 2.05) is 0 Å². The molecule has 2 rings (SSSR count). The Bertz CT molecular complexity index is 432. The van der Waals surface area contributed by atoms with Crippen molar-refractivity contribution in [3.63, 3.8) is 0 Å². The molecule has 0 aliphatic heterocycles. The van der Waals surface area contributed by atoms with Gasteiger partial charge in [0, 0.05) is 17.7 Å². The number of methoxy groups -OCH3 is 1. The molecule has 1 fully saturated rings. The van der Waals surface area contributed by atoms with Crippen molar-refractivity contribution in [1.82, 2.24) is 0 Å². The monoisotopic (exact) mass is 329 g/mol. The van der Waals surface area contributed by atoms with Crippen LogP contribution in [-0.4, -0.2) is 7.11 Å². The molecule has 0 bridgehead atoms. The maximum atomic E-state index is 13.5. The molecule has 1 aromatic carbocycles. The molecule has 0 heterocycles. The van der Waals surface area contributed by atoms with E-state index < -0.39 is 0 Å². The molecule has 2 N–H and O–H groups in total. The molecule has 1 aromatic rings. The predicted octanol–water partition coefficient (Wildman–Crippen LogP) is 4.57. The third kappa shape index (κ3) is 3.69.